The SMILES string of the molecule is Cc1ccc(C(=O)O)cc1NC(=O)Cc1ccsc1. The van der Waals surface area contributed by atoms with Crippen LogP contribution in [0.25, 0.3) is 0 Å². The molecule has 2 rings (SSSR count). The number of aryl methyl sites for hydroxylation is 1. The first-order chi connectivity index (χ1) is 9.06. The molecule has 0 bridgehead atoms. The molecule has 19 heavy (non-hydrogen) atoms. The molecule has 1 amide bonds. The van der Waals surface area contributed by atoms with E-state index in [0.717, 1.165) is 11.1 Å². The molecule has 0 fully saturated rings. The van der Waals surface area contributed by atoms with Crippen molar-refractivity contribution < 1.29 is 14.7 Å². The molecule has 0 aliphatic carbocycles. The van der Waals surface area contributed by atoms with Crippen LogP contribution >= 0.6 is 11.3 Å². The average Bonchev–Trinajstić information content (AvgIpc) is 2.84. The van der Waals surface area contributed by atoms with Crippen LogP contribution in [0.4, 0.5) is 5.69 Å². The molecule has 1 aromatic heterocycles. The smallest absolute Gasteiger partial charge is 0.335 e. The lowest BCUT2D eigenvalue weighted by atomic mass is 10.1. The molecule has 2 N–H and O–H groups in total. The molecule has 98 valence electrons. The largest absolute Gasteiger partial charge is 0.478 e. The van der Waals surface area contributed by atoms with Crippen LogP contribution < -0.4 is 5.32 Å². The van der Waals surface area contributed by atoms with Gasteiger partial charge in [-0.15, -0.1) is 0 Å². The van der Waals surface area contributed by atoms with E-state index >= 15 is 0 Å². The fourth-order valence-electron chi connectivity index (χ4n) is 1.66. The van der Waals surface area contributed by atoms with Crippen molar-refractivity contribution in [1.82, 2.24) is 0 Å². The van der Waals surface area contributed by atoms with Gasteiger partial charge in [0.1, 0.15) is 0 Å². The highest BCUT2D eigenvalue weighted by molar-refractivity contribution is 7.08. The second-order valence-electron chi connectivity index (χ2n) is 4.19. The first-order valence-corrected chi connectivity index (χ1v) is 6.65. The van der Waals surface area contributed by atoms with Crippen LogP contribution in [0, 0.1) is 6.92 Å². The lowest BCUT2D eigenvalue weighted by molar-refractivity contribution is -0.115. The number of carbonyl (C=O) groups is 2. The number of aromatic carboxylic acids is 1. The Bertz CT molecular complexity index is 605. The summed E-state index contributed by atoms with van der Waals surface area (Å²) in [6.07, 6.45) is 0.292. The molecule has 1 heterocycles. The summed E-state index contributed by atoms with van der Waals surface area (Å²) < 4.78 is 0. The number of amides is 1. The molecule has 4 nitrogen and oxygen atoms in total. The number of hydrogen-bond acceptors (Lipinski definition) is 3. The van der Waals surface area contributed by atoms with Crippen LogP contribution in [0.5, 0.6) is 0 Å². The normalized spacial score (nSPS) is 10.2. The first kappa shape index (κ1) is 13.3. The predicted molar refractivity (Wildman–Crippen MR) is 74.8 cm³/mol. The maximum Gasteiger partial charge on any atom is 0.335 e. The molecule has 0 radical (unpaired) electrons. The molecule has 0 aliphatic rings. The zero-order chi connectivity index (χ0) is 13.8. The fourth-order valence-corrected chi connectivity index (χ4v) is 2.33. The van der Waals surface area contributed by atoms with E-state index in [9.17, 15) is 9.59 Å². The van der Waals surface area contributed by atoms with Gasteiger partial charge < -0.3 is 10.4 Å². The lowest BCUT2D eigenvalue weighted by Gasteiger charge is -2.09. The van der Waals surface area contributed by atoms with Crippen LogP contribution in [-0.4, -0.2) is 17.0 Å². The highest BCUT2D eigenvalue weighted by atomic mass is 32.1. The first-order valence-electron chi connectivity index (χ1n) is 5.71. The number of benzene rings is 1. The number of carbonyl (C=O) groups excluding carboxylic acids is 1. The van der Waals surface area contributed by atoms with Crippen molar-refractivity contribution in [3.05, 3.63) is 51.7 Å². The number of hydrogen-bond donors (Lipinski definition) is 2. The highest BCUT2D eigenvalue weighted by Gasteiger charge is 2.09. The second kappa shape index (κ2) is 5.67. The summed E-state index contributed by atoms with van der Waals surface area (Å²) in [5.74, 6) is -1.16. The van der Waals surface area contributed by atoms with Crippen molar-refractivity contribution >= 4 is 28.9 Å². The van der Waals surface area contributed by atoms with E-state index in [-0.39, 0.29) is 11.5 Å². The molecular formula is C14H13NO3S. The Labute approximate surface area is 114 Å². The van der Waals surface area contributed by atoms with Gasteiger partial charge in [0, 0.05) is 5.69 Å². The van der Waals surface area contributed by atoms with Gasteiger partial charge in [-0.25, -0.2) is 4.79 Å². The molecule has 0 saturated heterocycles. The Kier molecular flexibility index (Phi) is 3.97. The Morgan fingerprint density at radius 3 is 2.74 bits per heavy atom. The number of thiophene rings is 1. The summed E-state index contributed by atoms with van der Waals surface area (Å²) >= 11 is 1.54. The van der Waals surface area contributed by atoms with E-state index in [1.807, 2.05) is 23.8 Å². The lowest BCUT2D eigenvalue weighted by Crippen LogP contribution is -2.15. The van der Waals surface area contributed by atoms with Gasteiger partial charge in [0.15, 0.2) is 0 Å². The number of carboxylic acids is 1. The second-order valence-corrected chi connectivity index (χ2v) is 4.97. The zero-order valence-electron chi connectivity index (χ0n) is 10.3. The van der Waals surface area contributed by atoms with Gasteiger partial charge in [-0.05, 0) is 47.0 Å². The van der Waals surface area contributed by atoms with E-state index < -0.39 is 5.97 Å². The standard InChI is InChI=1S/C14H13NO3S/c1-9-2-3-11(14(17)18)7-12(9)15-13(16)6-10-4-5-19-8-10/h2-5,7-8H,6H2,1H3,(H,15,16)(H,17,18). The van der Waals surface area contributed by atoms with Crippen molar-refractivity contribution in [2.45, 2.75) is 13.3 Å². The number of carboxylic acid groups (broad SMARTS) is 1. The maximum atomic E-state index is 11.9. The van der Waals surface area contributed by atoms with E-state index in [4.69, 9.17) is 5.11 Å². The maximum absolute atomic E-state index is 11.9. The average molecular weight is 275 g/mol. The number of nitrogens with one attached hydrogen (secondary N) is 1. The molecule has 1 aromatic carbocycles. The minimum Gasteiger partial charge on any atom is -0.478 e. The molecular weight excluding hydrogens is 262 g/mol. The molecule has 0 unspecified atom stereocenters. The summed E-state index contributed by atoms with van der Waals surface area (Å²) in [5, 5.41) is 15.5. The van der Waals surface area contributed by atoms with Gasteiger partial charge in [-0.1, -0.05) is 6.07 Å². The van der Waals surface area contributed by atoms with Crippen molar-refractivity contribution in [2.24, 2.45) is 0 Å². The summed E-state index contributed by atoms with van der Waals surface area (Å²) in [5.41, 5.74) is 2.50. The van der Waals surface area contributed by atoms with Crippen LogP contribution in [0.3, 0.4) is 0 Å². The summed E-state index contributed by atoms with van der Waals surface area (Å²) in [6.45, 7) is 1.83. The summed E-state index contributed by atoms with van der Waals surface area (Å²) in [6, 6.07) is 6.57. The highest BCUT2D eigenvalue weighted by Crippen LogP contribution is 2.17. The third-order valence-electron chi connectivity index (χ3n) is 2.70. The van der Waals surface area contributed by atoms with E-state index in [0.29, 0.717) is 12.1 Å². The molecule has 0 aliphatic heterocycles. The van der Waals surface area contributed by atoms with E-state index in [1.54, 1.807) is 6.07 Å². The molecule has 2 aromatic rings. The minimum atomic E-state index is -1.01. The monoisotopic (exact) mass is 275 g/mol. The van der Waals surface area contributed by atoms with Gasteiger partial charge in [0.05, 0.1) is 12.0 Å². The summed E-state index contributed by atoms with van der Waals surface area (Å²) in [7, 11) is 0. The molecule has 0 atom stereocenters. The molecule has 0 spiro atoms. The predicted octanol–water partition coefficient (Wildman–Crippen LogP) is 2.94. The van der Waals surface area contributed by atoms with Crippen LogP contribution in [0.15, 0.2) is 35.0 Å². The van der Waals surface area contributed by atoms with Crippen molar-refractivity contribution in [1.29, 1.82) is 0 Å². The Balaban J connectivity index is 2.11. The van der Waals surface area contributed by atoms with Gasteiger partial charge in [0.25, 0.3) is 0 Å². The van der Waals surface area contributed by atoms with Crippen molar-refractivity contribution in [3.63, 3.8) is 0 Å². The third kappa shape index (κ3) is 3.42. The number of rotatable bonds is 4. The Morgan fingerprint density at radius 1 is 1.32 bits per heavy atom. The van der Waals surface area contributed by atoms with Crippen LogP contribution in [-0.2, 0) is 11.2 Å². The zero-order valence-corrected chi connectivity index (χ0v) is 11.2. The fraction of sp³-hybridized carbons (Fsp3) is 0.143. The van der Waals surface area contributed by atoms with Crippen LogP contribution in [0.2, 0.25) is 0 Å². The minimum absolute atomic E-state index is 0.149. The quantitative estimate of drug-likeness (QED) is 0.901. The molecule has 5 heteroatoms. The van der Waals surface area contributed by atoms with E-state index in [1.165, 1.54) is 23.5 Å². The van der Waals surface area contributed by atoms with Gasteiger partial charge in [-0.3, -0.25) is 4.79 Å². The number of anilines is 1. The summed E-state index contributed by atoms with van der Waals surface area (Å²) in [4.78, 5) is 22.8. The Morgan fingerprint density at radius 2 is 2.11 bits per heavy atom. The van der Waals surface area contributed by atoms with E-state index in [2.05, 4.69) is 5.32 Å². The van der Waals surface area contributed by atoms with Gasteiger partial charge in [0.2, 0.25) is 5.91 Å². The third-order valence-corrected chi connectivity index (χ3v) is 3.44. The van der Waals surface area contributed by atoms with Crippen molar-refractivity contribution in [3.8, 4) is 0 Å². The van der Waals surface area contributed by atoms with Crippen molar-refractivity contribution in [2.75, 3.05) is 5.32 Å². The molecule has 0 saturated carbocycles. The van der Waals surface area contributed by atoms with Gasteiger partial charge in [-0.2, -0.15) is 11.3 Å². The van der Waals surface area contributed by atoms with Crippen LogP contribution in [0.1, 0.15) is 21.5 Å². The topological polar surface area (TPSA) is 66.4 Å². The van der Waals surface area contributed by atoms with Gasteiger partial charge >= 0.3 is 5.97 Å². The Hall–Kier alpha value is -2.14.